The van der Waals surface area contributed by atoms with Gasteiger partial charge in [0.1, 0.15) is 18.6 Å². The van der Waals surface area contributed by atoms with Gasteiger partial charge in [-0.2, -0.15) is 9.15 Å². The molecule has 13 nitrogen and oxygen atoms in total. The van der Waals surface area contributed by atoms with Crippen molar-refractivity contribution < 1.29 is 53.5 Å². The largest absolute Gasteiger partial charge is 0.496 e. The highest BCUT2D eigenvalue weighted by Crippen LogP contribution is 2.54. The summed E-state index contributed by atoms with van der Waals surface area (Å²) in [5.41, 5.74) is 16.2. The molecule has 2 aliphatic carbocycles. The van der Waals surface area contributed by atoms with Gasteiger partial charge in [0.05, 0.1) is 30.8 Å². The molecule has 4 N–H and O–H groups in total. The van der Waals surface area contributed by atoms with Gasteiger partial charge in [0.15, 0.2) is 24.5 Å². The van der Waals surface area contributed by atoms with Crippen LogP contribution in [0, 0.1) is 0 Å². The average Bonchev–Trinajstić information content (AvgIpc) is 1.60. The van der Waals surface area contributed by atoms with Gasteiger partial charge in [-0.3, -0.25) is 19.2 Å². The van der Waals surface area contributed by atoms with Crippen molar-refractivity contribution in [1.82, 2.24) is 0 Å². The molecular formula is C89H91ClN4O9+2. The molecule has 526 valence electrons. The first-order valence-corrected chi connectivity index (χ1v) is 36.4. The molecule has 0 bridgehead atoms. The van der Waals surface area contributed by atoms with Crippen molar-refractivity contribution in [3.8, 4) is 0 Å². The summed E-state index contributed by atoms with van der Waals surface area (Å²) in [6.07, 6.45) is 22.7. The summed E-state index contributed by atoms with van der Waals surface area (Å²) in [5.74, 6) is -2.43. The van der Waals surface area contributed by atoms with Gasteiger partial charge in [-0.1, -0.05) is 167 Å². The first kappa shape index (κ1) is 71.0. The van der Waals surface area contributed by atoms with Crippen molar-refractivity contribution >= 4 is 113 Å². The van der Waals surface area contributed by atoms with Gasteiger partial charge in [0.25, 0.3) is 0 Å². The maximum atomic E-state index is 11.8. The first-order valence-electron chi connectivity index (χ1n) is 36.0. The maximum absolute atomic E-state index is 11.8. The number of hydrogen-bond acceptors (Lipinski definition) is 7. The number of aliphatic carboxylic acids is 4. The monoisotopic (exact) mass is 1390 g/mol. The summed E-state index contributed by atoms with van der Waals surface area (Å²) < 4.78 is 10.5. The second-order valence-corrected chi connectivity index (χ2v) is 30.3. The predicted octanol–water partition coefficient (Wildman–Crippen LogP) is 19.7. The summed E-state index contributed by atoms with van der Waals surface area (Å²) in [4.78, 5) is 51.3. The summed E-state index contributed by atoms with van der Waals surface area (Å²) in [6, 6.07) is 50.5. The van der Waals surface area contributed by atoms with Crippen LogP contribution in [-0.4, -0.2) is 98.2 Å². The number of carbonyl (C=O) groups is 4. The number of methoxy groups -OCH3 is 1. The molecule has 0 atom stereocenters. The Labute approximate surface area is 608 Å². The minimum atomic E-state index is -0.824. The molecule has 0 saturated heterocycles. The van der Waals surface area contributed by atoms with Gasteiger partial charge < -0.3 is 35.0 Å². The third kappa shape index (κ3) is 13.3. The summed E-state index contributed by atoms with van der Waals surface area (Å²) in [7, 11) is 1.73. The molecule has 0 aromatic heterocycles. The van der Waals surface area contributed by atoms with Crippen molar-refractivity contribution in [3.63, 3.8) is 0 Å². The Morgan fingerprint density at radius 3 is 1.19 bits per heavy atom. The fourth-order valence-corrected chi connectivity index (χ4v) is 17.7. The van der Waals surface area contributed by atoms with Gasteiger partial charge in [0.2, 0.25) is 11.4 Å². The lowest BCUT2D eigenvalue weighted by Gasteiger charge is -2.27. The Morgan fingerprint density at radius 1 is 0.427 bits per heavy atom. The lowest BCUT2D eigenvalue weighted by Crippen LogP contribution is -2.28. The zero-order valence-corrected chi connectivity index (χ0v) is 61.1. The van der Waals surface area contributed by atoms with E-state index >= 15 is 0 Å². The zero-order chi connectivity index (χ0) is 72.9. The number of fused-ring (bicyclic) bond motifs is 12. The standard InChI is InChI=1S/C45H46N2O5.C44H43ClN2O4/c1-44(2)37(46(27-25-39(48)49)35-21-17-29-11-6-8-15-33(29)41(35)44)23-19-31-13-10-14-32(43(31)52-5)20-24-38-45(3,4)42-34-16-9-7-12-30(34)18-22-36(42)47(38)28-26-40(50)51;1-43(2)36(46(26-24-38(48)49)34-20-16-28-10-5-7-14-32(28)40(34)43)22-18-30-12-9-13-31(42(30)45)19-23-37-44(3,4)41-33-15-8-6-11-29(33)17-21-35(41)47(37)27-25-39(50)51/h6-9,11-12,15-24H,10,13-14,25-28H2,1-5H3,(H-,48,49,50,51);5-8,10-11,14-23H,9,12-13,24-27H2,1-4H3,(H-,48,49,50,51)/p+2. The molecule has 8 aromatic carbocycles. The molecule has 0 amide bonds. The van der Waals surface area contributed by atoms with E-state index in [2.05, 4.69) is 244 Å². The summed E-state index contributed by atoms with van der Waals surface area (Å²) in [6.45, 7) is 19.3. The lowest BCUT2D eigenvalue weighted by molar-refractivity contribution is -0.436. The van der Waals surface area contributed by atoms with E-state index in [1.807, 2.05) is 24.3 Å². The van der Waals surface area contributed by atoms with Crippen LogP contribution in [0.5, 0.6) is 0 Å². The Kier molecular flexibility index (Phi) is 19.6. The van der Waals surface area contributed by atoms with Crippen LogP contribution in [0.1, 0.15) is 142 Å². The summed E-state index contributed by atoms with van der Waals surface area (Å²) >= 11 is 7.21. The Bertz CT molecular complexity index is 5200. The van der Waals surface area contributed by atoms with Crippen LogP contribution >= 0.6 is 11.6 Å². The van der Waals surface area contributed by atoms with Crippen LogP contribution < -0.4 is 9.80 Å². The smallest absolute Gasteiger partial charge is 0.309 e. The van der Waals surface area contributed by atoms with Crippen molar-refractivity contribution in [1.29, 1.82) is 0 Å². The highest BCUT2D eigenvalue weighted by molar-refractivity contribution is 6.32. The number of ether oxygens (including phenoxy) is 1. The number of nitrogens with zero attached hydrogens (tertiary/aromatic N) is 4. The second-order valence-electron chi connectivity index (χ2n) is 29.9. The van der Waals surface area contributed by atoms with Gasteiger partial charge in [-0.05, 0) is 185 Å². The SMILES string of the molecule is CC1(C)C(/C=C/C2=C(Cl)C(=C/C=C3/N(CCC(=O)O)c4ccc5ccccc5c4C3(C)C)/CCC2)=[N+](CCC(=O)O)c2ccc3ccccc3c21.COC1=C(/C=C/C2=[N+](CCC(=O)O)c3ccc4ccccc4c3C2(C)C)CCC/C1=C\C=C1\N(CCC(=O)O)c2ccc3ccccc3c2C1(C)C. The molecule has 0 spiro atoms. The Morgan fingerprint density at radius 2 is 0.786 bits per heavy atom. The second kappa shape index (κ2) is 28.5. The number of benzene rings is 8. The minimum Gasteiger partial charge on any atom is -0.496 e. The third-order valence-corrected chi connectivity index (χ3v) is 22.6. The van der Waals surface area contributed by atoms with Crippen LogP contribution in [0.25, 0.3) is 43.1 Å². The van der Waals surface area contributed by atoms with E-state index < -0.39 is 23.9 Å². The number of carboxylic acids is 4. The fraction of sp³-hybridized carbons (Fsp3) is 0.303. The van der Waals surface area contributed by atoms with Crippen molar-refractivity contribution in [2.75, 3.05) is 43.1 Å². The molecule has 14 heteroatoms. The van der Waals surface area contributed by atoms with Crippen molar-refractivity contribution in [2.45, 2.75) is 141 Å². The highest BCUT2D eigenvalue weighted by Gasteiger charge is 2.48. The van der Waals surface area contributed by atoms with Crippen LogP contribution in [0.15, 0.2) is 239 Å². The maximum Gasteiger partial charge on any atom is 0.309 e. The topological polar surface area (TPSA) is 171 Å². The minimum absolute atomic E-state index is 0.0319. The van der Waals surface area contributed by atoms with Crippen LogP contribution in [0.3, 0.4) is 0 Å². The van der Waals surface area contributed by atoms with E-state index in [9.17, 15) is 39.6 Å². The fourth-order valence-electron chi connectivity index (χ4n) is 17.3. The van der Waals surface area contributed by atoms with Crippen molar-refractivity contribution in [2.24, 2.45) is 0 Å². The molecule has 14 rings (SSSR count). The summed E-state index contributed by atoms with van der Waals surface area (Å²) in [5, 5.41) is 48.7. The first-order chi connectivity index (χ1) is 49.3. The molecule has 4 heterocycles. The number of allylic oxidation sites excluding steroid dienone is 15. The molecule has 8 aromatic rings. The van der Waals surface area contributed by atoms with Crippen molar-refractivity contribution in [3.05, 3.63) is 261 Å². The molecule has 0 unspecified atom stereocenters. The molecule has 4 aliphatic heterocycles. The van der Waals surface area contributed by atoms with E-state index in [1.165, 1.54) is 54.6 Å². The van der Waals surface area contributed by atoms with E-state index in [-0.39, 0.29) is 47.3 Å². The number of rotatable bonds is 19. The van der Waals surface area contributed by atoms with E-state index in [1.54, 1.807) is 7.11 Å². The van der Waals surface area contributed by atoms with Crippen LogP contribution in [0.4, 0.5) is 22.7 Å². The van der Waals surface area contributed by atoms with Gasteiger partial charge in [-0.25, -0.2) is 0 Å². The van der Waals surface area contributed by atoms with Crippen LogP contribution in [-0.2, 0) is 45.6 Å². The molecule has 6 aliphatic rings. The molecular weight excluding hydrogens is 1300 g/mol. The van der Waals surface area contributed by atoms with Gasteiger partial charge in [-0.15, -0.1) is 0 Å². The Balaban J connectivity index is 0.000000183. The Hall–Kier alpha value is -10.4. The lowest BCUT2D eigenvalue weighted by atomic mass is 9.78. The molecule has 103 heavy (non-hydrogen) atoms. The molecule has 0 saturated carbocycles. The molecule has 0 fully saturated rings. The highest BCUT2D eigenvalue weighted by atomic mass is 35.5. The number of hydrogen-bond donors (Lipinski definition) is 4. The van der Waals surface area contributed by atoms with E-state index in [4.69, 9.17) is 16.3 Å². The van der Waals surface area contributed by atoms with Gasteiger partial charge >= 0.3 is 23.9 Å². The number of carboxylic acid groups (broad SMARTS) is 4. The molecule has 0 radical (unpaired) electrons. The number of anilines is 2. The number of halogens is 1. The van der Waals surface area contributed by atoms with Gasteiger partial charge in [0, 0.05) is 87.1 Å². The predicted molar refractivity (Wildman–Crippen MR) is 416 cm³/mol. The third-order valence-electron chi connectivity index (χ3n) is 22.1. The van der Waals surface area contributed by atoms with Crippen LogP contribution in [0.2, 0.25) is 0 Å². The van der Waals surface area contributed by atoms with E-state index in [0.717, 1.165) is 128 Å². The van der Waals surface area contributed by atoms with E-state index in [0.29, 0.717) is 26.2 Å². The zero-order valence-electron chi connectivity index (χ0n) is 60.4. The normalized spacial score (nSPS) is 19.5. The average molecular weight is 1400 g/mol. The quantitative estimate of drug-likeness (QED) is 0.0568.